The maximum Gasteiger partial charge on any atom is 0.326 e. The van der Waals surface area contributed by atoms with Gasteiger partial charge in [0.2, 0.25) is 0 Å². The lowest BCUT2D eigenvalue weighted by atomic mass is 10.1. The Hall–Kier alpha value is -2.80. The second-order valence-electron chi connectivity index (χ2n) is 5.77. The molecule has 1 aromatic heterocycles. The molecule has 1 unspecified atom stereocenters. The molecule has 26 heavy (non-hydrogen) atoms. The third-order valence-corrected chi connectivity index (χ3v) is 4.39. The normalized spacial score (nSPS) is 11.9. The summed E-state index contributed by atoms with van der Waals surface area (Å²) < 4.78 is 6.23. The fourth-order valence-corrected chi connectivity index (χ4v) is 3.04. The quantitative estimate of drug-likeness (QED) is 0.551. The van der Waals surface area contributed by atoms with Gasteiger partial charge in [-0.15, -0.1) is 0 Å². The summed E-state index contributed by atoms with van der Waals surface area (Å²) in [4.78, 5) is 26.7. The smallest absolute Gasteiger partial charge is 0.326 e. The van der Waals surface area contributed by atoms with Crippen molar-refractivity contribution >= 4 is 38.7 Å². The van der Waals surface area contributed by atoms with Crippen LogP contribution in [-0.4, -0.2) is 34.6 Å². The third kappa shape index (κ3) is 4.43. The van der Waals surface area contributed by atoms with Crippen molar-refractivity contribution in [3.05, 3.63) is 64.8 Å². The number of fused-ring (bicyclic) bond motifs is 1. The number of H-pyrrole nitrogens is 1. The van der Waals surface area contributed by atoms with Crippen molar-refractivity contribution in [3.63, 3.8) is 0 Å². The topological polar surface area (TPSA) is 91.4 Å². The Balaban J connectivity index is 1.63. The molecular formula is C19H17BrN2O4. The minimum atomic E-state index is -1.09. The number of hydrogen-bond acceptors (Lipinski definition) is 3. The van der Waals surface area contributed by atoms with Gasteiger partial charge in [-0.2, -0.15) is 0 Å². The van der Waals surface area contributed by atoms with Gasteiger partial charge < -0.3 is 20.1 Å². The molecule has 0 spiro atoms. The van der Waals surface area contributed by atoms with Gasteiger partial charge in [-0.3, -0.25) is 4.79 Å². The van der Waals surface area contributed by atoms with E-state index in [-0.39, 0.29) is 13.0 Å². The minimum Gasteiger partial charge on any atom is -0.484 e. The van der Waals surface area contributed by atoms with E-state index in [1.54, 1.807) is 24.4 Å². The lowest BCUT2D eigenvalue weighted by molar-refractivity contribution is -0.142. The molecule has 134 valence electrons. The highest BCUT2D eigenvalue weighted by Gasteiger charge is 2.22. The summed E-state index contributed by atoms with van der Waals surface area (Å²) in [6.07, 6.45) is 1.95. The van der Waals surface area contributed by atoms with Crippen molar-refractivity contribution < 1.29 is 19.4 Å². The zero-order valence-corrected chi connectivity index (χ0v) is 15.3. The maximum atomic E-state index is 12.1. The lowest BCUT2D eigenvalue weighted by Gasteiger charge is -2.14. The summed E-state index contributed by atoms with van der Waals surface area (Å²) >= 11 is 3.32. The standard InChI is InChI=1S/C19H17BrN2O4/c20-13-4-3-5-14(9-13)26-11-18(23)22-17(19(24)25)8-12-10-21-16-7-2-1-6-15(12)16/h1-7,9-10,17,21H,8,11H2,(H,22,23)(H,24,25). The van der Waals surface area contributed by atoms with Gasteiger partial charge in [-0.05, 0) is 29.8 Å². The number of carbonyl (C=O) groups excluding carboxylic acids is 1. The number of halogens is 1. The number of aromatic nitrogens is 1. The Morgan fingerprint density at radius 1 is 1.19 bits per heavy atom. The van der Waals surface area contributed by atoms with Gasteiger partial charge in [-0.1, -0.05) is 40.2 Å². The molecule has 0 fully saturated rings. The van der Waals surface area contributed by atoms with E-state index in [4.69, 9.17) is 4.74 Å². The van der Waals surface area contributed by atoms with Gasteiger partial charge in [0.05, 0.1) is 0 Å². The number of aromatic amines is 1. The van der Waals surface area contributed by atoms with Crippen LogP contribution in [0.5, 0.6) is 5.75 Å². The van der Waals surface area contributed by atoms with Crippen LogP contribution in [0.3, 0.4) is 0 Å². The van der Waals surface area contributed by atoms with Gasteiger partial charge in [0, 0.05) is 28.0 Å². The maximum absolute atomic E-state index is 12.1. The molecular weight excluding hydrogens is 400 g/mol. The number of nitrogens with one attached hydrogen (secondary N) is 2. The Bertz CT molecular complexity index is 938. The molecule has 0 radical (unpaired) electrons. The van der Waals surface area contributed by atoms with E-state index < -0.39 is 17.9 Å². The van der Waals surface area contributed by atoms with Crippen LogP contribution in [0.1, 0.15) is 5.56 Å². The van der Waals surface area contributed by atoms with Crippen molar-refractivity contribution in [2.24, 2.45) is 0 Å². The van der Waals surface area contributed by atoms with E-state index in [0.717, 1.165) is 20.9 Å². The van der Waals surface area contributed by atoms with E-state index in [9.17, 15) is 14.7 Å². The van der Waals surface area contributed by atoms with Crippen LogP contribution >= 0.6 is 15.9 Å². The lowest BCUT2D eigenvalue weighted by Crippen LogP contribution is -2.44. The van der Waals surface area contributed by atoms with Crippen molar-refractivity contribution in [3.8, 4) is 5.75 Å². The molecule has 0 saturated heterocycles. The van der Waals surface area contributed by atoms with Crippen LogP contribution in [0, 0.1) is 0 Å². The SMILES string of the molecule is O=C(COc1cccc(Br)c1)NC(Cc1c[nH]c2ccccc12)C(=O)O. The molecule has 1 atom stereocenters. The summed E-state index contributed by atoms with van der Waals surface area (Å²) in [6.45, 7) is -0.256. The predicted octanol–water partition coefficient (Wildman–Crippen LogP) is 3.12. The molecule has 0 bridgehead atoms. The average Bonchev–Trinajstić information content (AvgIpc) is 3.02. The second-order valence-corrected chi connectivity index (χ2v) is 6.68. The molecule has 6 nitrogen and oxygen atoms in total. The first-order valence-electron chi connectivity index (χ1n) is 7.98. The molecule has 1 heterocycles. The van der Waals surface area contributed by atoms with E-state index in [1.807, 2.05) is 30.3 Å². The van der Waals surface area contributed by atoms with Crippen molar-refractivity contribution in [1.29, 1.82) is 0 Å². The summed E-state index contributed by atoms with van der Waals surface area (Å²) in [6, 6.07) is 13.7. The monoisotopic (exact) mass is 416 g/mol. The van der Waals surface area contributed by atoms with Gasteiger partial charge in [-0.25, -0.2) is 4.79 Å². The summed E-state index contributed by atoms with van der Waals surface area (Å²) in [7, 11) is 0. The highest BCUT2D eigenvalue weighted by molar-refractivity contribution is 9.10. The second kappa shape index (κ2) is 8.05. The fourth-order valence-electron chi connectivity index (χ4n) is 2.66. The molecule has 0 saturated carbocycles. The van der Waals surface area contributed by atoms with Crippen LogP contribution in [0.15, 0.2) is 59.2 Å². The first-order chi connectivity index (χ1) is 12.5. The Morgan fingerprint density at radius 3 is 2.77 bits per heavy atom. The number of hydrogen-bond donors (Lipinski definition) is 3. The number of ether oxygens (including phenoxy) is 1. The number of benzene rings is 2. The number of para-hydroxylation sites is 1. The van der Waals surface area contributed by atoms with Crippen molar-refractivity contribution in [1.82, 2.24) is 10.3 Å². The molecule has 0 aliphatic rings. The van der Waals surface area contributed by atoms with E-state index in [1.165, 1.54) is 0 Å². The van der Waals surface area contributed by atoms with Crippen LogP contribution in [-0.2, 0) is 16.0 Å². The zero-order valence-electron chi connectivity index (χ0n) is 13.7. The largest absolute Gasteiger partial charge is 0.484 e. The number of carboxylic acids is 1. The molecule has 3 rings (SSSR count). The highest BCUT2D eigenvalue weighted by Crippen LogP contribution is 2.19. The number of carbonyl (C=O) groups is 2. The summed E-state index contributed by atoms with van der Waals surface area (Å²) in [5.74, 6) is -1.05. The van der Waals surface area contributed by atoms with E-state index >= 15 is 0 Å². The molecule has 3 N–H and O–H groups in total. The molecule has 2 aromatic carbocycles. The van der Waals surface area contributed by atoms with Crippen LogP contribution in [0.2, 0.25) is 0 Å². The number of amides is 1. The minimum absolute atomic E-state index is 0.183. The van der Waals surface area contributed by atoms with Gasteiger partial charge in [0.1, 0.15) is 11.8 Å². The Kier molecular flexibility index (Phi) is 5.58. The van der Waals surface area contributed by atoms with E-state index in [0.29, 0.717) is 5.75 Å². The average molecular weight is 417 g/mol. The first-order valence-corrected chi connectivity index (χ1v) is 8.78. The molecule has 3 aromatic rings. The van der Waals surface area contributed by atoms with Crippen LogP contribution < -0.4 is 10.1 Å². The van der Waals surface area contributed by atoms with Crippen LogP contribution in [0.4, 0.5) is 0 Å². The van der Waals surface area contributed by atoms with Gasteiger partial charge in [0.15, 0.2) is 6.61 Å². The van der Waals surface area contributed by atoms with Gasteiger partial charge >= 0.3 is 5.97 Å². The van der Waals surface area contributed by atoms with Crippen molar-refractivity contribution in [2.75, 3.05) is 6.61 Å². The molecule has 0 aliphatic carbocycles. The Morgan fingerprint density at radius 2 is 2.00 bits per heavy atom. The predicted molar refractivity (Wildman–Crippen MR) is 101 cm³/mol. The molecule has 1 amide bonds. The Labute approximate surface area is 158 Å². The zero-order chi connectivity index (χ0) is 18.5. The van der Waals surface area contributed by atoms with Crippen LogP contribution in [0.25, 0.3) is 10.9 Å². The molecule has 7 heteroatoms. The van der Waals surface area contributed by atoms with Crippen molar-refractivity contribution in [2.45, 2.75) is 12.5 Å². The van der Waals surface area contributed by atoms with Gasteiger partial charge in [0.25, 0.3) is 5.91 Å². The first kappa shape index (κ1) is 18.0. The highest BCUT2D eigenvalue weighted by atomic mass is 79.9. The number of carboxylic acid groups (broad SMARTS) is 1. The molecule has 0 aliphatic heterocycles. The number of aliphatic carboxylic acids is 1. The fraction of sp³-hybridized carbons (Fsp3) is 0.158. The summed E-state index contributed by atoms with van der Waals surface area (Å²) in [5.41, 5.74) is 1.76. The van der Waals surface area contributed by atoms with E-state index in [2.05, 4.69) is 26.2 Å². The number of rotatable bonds is 7. The summed E-state index contributed by atoms with van der Waals surface area (Å²) in [5, 5.41) is 12.9. The third-order valence-electron chi connectivity index (χ3n) is 3.90.